The minimum absolute atomic E-state index is 0.121. The van der Waals surface area contributed by atoms with Gasteiger partial charge in [0.25, 0.3) is 0 Å². The first-order chi connectivity index (χ1) is 8.74. The number of sulfone groups is 1. The van der Waals surface area contributed by atoms with Crippen LogP contribution in [0.2, 0.25) is 0 Å². The highest BCUT2D eigenvalue weighted by Gasteiger charge is 2.21. The summed E-state index contributed by atoms with van der Waals surface area (Å²) < 4.78 is 22.3. The van der Waals surface area contributed by atoms with Crippen molar-refractivity contribution in [1.29, 1.82) is 0 Å². The third-order valence-electron chi connectivity index (χ3n) is 2.33. The number of nitrogens with zero attached hydrogens (tertiary/aromatic N) is 1. The maximum absolute atomic E-state index is 11.2. The summed E-state index contributed by atoms with van der Waals surface area (Å²) in [6, 6.07) is 4.08. The predicted molar refractivity (Wildman–Crippen MR) is 73.7 cm³/mol. The summed E-state index contributed by atoms with van der Waals surface area (Å²) in [4.78, 5) is 10.4. The van der Waals surface area contributed by atoms with Gasteiger partial charge in [-0.25, -0.2) is 8.42 Å². The van der Waals surface area contributed by atoms with E-state index in [0.717, 1.165) is 6.26 Å². The molecular weight excluding hydrogens is 272 g/mol. The molecule has 0 heterocycles. The summed E-state index contributed by atoms with van der Waals surface area (Å²) in [6.45, 7) is 1.63. The van der Waals surface area contributed by atoms with Crippen LogP contribution >= 0.6 is 0 Å². The Bertz CT molecular complexity index is 573. The molecule has 0 radical (unpaired) electrons. The van der Waals surface area contributed by atoms with Crippen LogP contribution in [0.4, 0.5) is 17.1 Å². The molecule has 1 aromatic carbocycles. The molecule has 19 heavy (non-hydrogen) atoms. The van der Waals surface area contributed by atoms with Crippen molar-refractivity contribution in [2.45, 2.75) is 13.0 Å². The lowest BCUT2D eigenvalue weighted by atomic mass is 10.2. The van der Waals surface area contributed by atoms with Crippen molar-refractivity contribution in [3.05, 3.63) is 28.3 Å². The van der Waals surface area contributed by atoms with Crippen LogP contribution in [0.5, 0.6) is 0 Å². The lowest BCUT2D eigenvalue weighted by Crippen LogP contribution is -2.25. The minimum atomic E-state index is -3.16. The van der Waals surface area contributed by atoms with E-state index in [1.807, 2.05) is 0 Å². The first-order valence-electron chi connectivity index (χ1n) is 5.43. The number of para-hydroxylation sites is 1. The third kappa shape index (κ3) is 4.38. The molecule has 0 aliphatic heterocycles. The van der Waals surface area contributed by atoms with Gasteiger partial charge in [0.2, 0.25) is 0 Å². The first kappa shape index (κ1) is 15.2. The van der Waals surface area contributed by atoms with E-state index < -0.39 is 20.8 Å². The molecule has 9 heteroatoms. The van der Waals surface area contributed by atoms with Gasteiger partial charge in [0, 0.05) is 12.3 Å². The Morgan fingerprint density at radius 2 is 2.00 bits per heavy atom. The Balaban J connectivity index is 3.04. The number of anilines is 2. The van der Waals surface area contributed by atoms with Crippen molar-refractivity contribution in [3.8, 4) is 0 Å². The standard InChI is InChI=1S/C10H16N4O4S/c1-7(6-19(2,17)18)12-8-4-3-5-9(13-11)10(8)14(15)16/h3-5,7,12-13H,6,11H2,1-2H3. The van der Waals surface area contributed by atoms with Crippen LogP contribution in [0, 0.1) is 10.1 Å². The number of rotatable bonds is 6. The SMILES string of the molecule is CC(CS(C)(=O)=O)Nc1cccc(NN)c1[N+](=O)[O-]. The highest BCUT2D eigenvalue weighted by Crippen LogP contribution is 2.32. The maximum atomic E-state index is 11.2. The summed E-state index contributed by atoms with van der Waals surface area (Å²) in [5.74, 6) is 5.09. The normalized spacial score (nSPS) is 12.8. The van der Waals surface area contributed by atoms with E-state index in [0.29, 0.717) is 0 Å². The molecule has 0 aromatic heterocycles. The van der Waals surface area contributed by atoms with Gasteiger partial charge in [-0.3, -0.25) is 16.0 Å². The highest BCUT2D eigenvalue weighted by atomic mass is 32.2. The number of hydrogen-bond donors (Lipinski definition) is 3. The van der Waals surface area contributed by atoms with Crippen molar-refractivity contribution in [1.82, 2.24) is 0 Å². The fourth-order valence-corrected chi connectivity index (χ4v) is 2.73. The lowest BCUT2D eigenvalue weighted by Gasteiger charge is -2.15. The highest BCUT2D eigenvalue weighted by molar-refractivity contribution is 7.90. The quantitative estimate of drug-likeness (QED) is 0.400. The largest absolute Gasteiger partial charge is 0.376 e. The molecular formula is C10H16N4O4S. The predicted octanol–water partition coefficient (Wildman–Crippen LogP) is 0.725. The number of nitrogen functional groups attached to an aromatic ring is 1. The van der Waals surface area contributed by atoms with Gasteiger partial charge >= 0.3 is 5.69 Å². The molecule has 0 fully saturated rings. The molecule has 1 rings (SSSR count). The van der Waals surface area contributed by atoms with E-state index in [1.165, 1.54) is 12.1 Å². The minimum Gasteiger partial charge on any atom is -0.376 e. The Morgan fingerprint density at radius 3 is 2.47 bits per heavy atom. The molecule has 1 atom stereocenters. The Hall–Kier alpha value is -1.87. The average molecular weight is 288 g/mol. The average Bonchev–Trinajstić information content (AvgIpc) is 2.25. The number of nitro groups is 1. The molecule has 4 N–H and O–H groups in total. The topological polar surface area (TPSA) is 127 Å². The second kappa shape index (κ2) is 5.85. The fraction of sp³-hybridized carbons (Fsp3) is 0.400. The van der Waals surface area contributed by atoms with Crippen LogP contribution in [-0.2, 0) is 9.84 Å². The van der Waals surface area contributed by atoms with E-state index in [9.17, 15) is 18.5 Å². The number of hydrazine groups is 1. The zero-order valence-electron chi connectivity index (χ0n) is 10.6. The summed E-state index contributed by atoms with van der Waals surface area (Å²) in [7, 11) is -3.16. The van der Waals surface area contributed by atoms with E-state index in [1.54, 1.807) is 13.0 Å². The van der Waals surface area contributed by atoms with Gasteiger partial charge in [-0.2, -0.15) is 0 Å². The molecule has 1 unspecified atom stereocenters. The van der Waals surface area contributed by atoms with E-state index in [2.05, 4.69) is 10.7 Å². The number of hydrogen-bond acceptors (Lipinski definition) is 7. The van der Waals surface area contributed by atoms with Gasteiger partial charge in [-0.05, 0) is 19.1 Å². The van der Waals surface area contributed by atoms with E-state index >= 15 is 0 Å². The third-order valence-corrected chi connectivity index (χ3v) is 3.43. The summed E-state index contributed by atoms with van der Waals surface area (Å²) in [5.41, 5.74) is 2.39. The van der Waals surface area contributed by atoms with Crippen molar-refractivity contribution in [3.63, 3.8) is 0 Å². The monoisotopic (exact) mass is 288 g/mol. The summed E-state index contributed by atoms with van der Waals surface area (Å²) in [6.07, 6.45) is 1.11. The fourth-order valence-electron chi connectivity index (χ4n) is 1.73. The van der Waals surface area contributed by atoms with Gasteiger partial charge in [0.05, 0.1) is 10.7 Å². The number of nitrogens with one attached hydrogen (secondary N) is 2. The van der Waals surface area contributed by atoms with Crippen molar-refractivity contribution in [2.75, 3.05) is 22.8 Å². The van der Waals surface area contributed by atoms with Gasteiger partial charge < -0.3 is 10.7 Å². The molecule has 8 nitrogen and oxygen atoms in total. The van der Waals surface area contributed by atoms with Gasteiger partial charge in [0.1, 0.15) is 21.2 Å². The van der Waals surface area contributed by atoms with Crippen LogP contribution in [0.15, 0.2) is 18.2 Å². The number of nitro benzene ring substituents is 1. The molecule has 0 saturated carbocycles. The summed E-state index contributed by atoms with van der Waals surface area (Å²) in [5, 5.41) is 13.8. The molecule has 0 bridgehead atoms. The molecule has 1 aromatic rings. The van der Waals surface area contributed by atoms with Crippen LogP contribution < -0.4 is 16.6 Å². The summed E-state index contributed by atoms with van der Waals surface area (Å²) >= 11 is 0. The number of nitrogens with two attached hydrogens (primary N) is 1. The van der Waals surface area contributed by atoms with Crippen molar-refractivity contribution >= 4 is 26.9 Å². The number of benzene rings is 1. The Kier molecular flexibility index (Phi) is 4.67. The molecule has 106 valence electrons. The molecule has 0 amide bonds. The van der Waals surface area contributed by atoms with Crippen LogP contribution in [0.25, 0.3) is 0 Å². The lowest BCUT2D eigenvalue weighted by molar-refractivity contribution is -0.383. The van der Waals surface area contributed by atoms with Gasteiger partial charge in [-0.15, -0.1) is 0 Å². The van der Waals surface area contributed by atoms with Gasteiger partial charge in [0.15, 0.2) is 0 Å². The zero-order chi connectivity index (χ0) is 14.6. The molecule has 0 spiro atoms. The first-order valence-corrected chi connectivity index (χ1v) is 7.49. The smallest absolute Gasteiger partial charge is 0.316 e. The Morgan fingerprint density at radius 1 is 1.42 bits per heavy atom. The van der Waals surface area contributed by atoms with Crippen LogP contribution in [-0.4, -0.2) is 31.4 Å². The van der Waals surface area contributed by atoms with Crippen LogP contribution in [0.1, 0.15) is 6.92 Å². The molecule has 0 aliphatic rings. The zero-order valence-corrected chi connectivity index (χ0v) is 11.4. The maximum Gasteiger partial charge on any atom is 0.316 e. The molecule has 0 aliphatic carbocycles. The van der Waals surface area contributed by atoms with E-state index in [-0.39, 0.29) is 22.8 Å². The van der Waals surface area contributed by atoms with Crippen molar-refractivity contribution < 1.29 is 13.3 Å². The van der Waals surface area contributed by atoms with Crippen molar-refractivity contribution in [2.24, 2.45) is 5.84 Å². The van der Waals surface area contributed by atoms with E-state index in [4.69, 9.17) is 5.84 Å². The Labute approximate surface area is 111 Å². The second-order valence-corrected chi connectivity index (χ2v) is 6.43. The van der Waals surface area contributed by atoms with Crippen LogP contribution in [0.3, 0.4) is 0 Å². The molecule has 0 saturated heterocycles. The van der Waals surface area contributed by atoms with Gasteiger partial charge in [-0.1, -0.05) is 6.07 Å². The second-order valence-electron chi connectivity index (χ2n) is 4.24.